The summed E-state index contributed by atoms with van der Waals surface area (Å²) in [4.78, 5) is 11.2. The first kappa shape index (κ1) is 13.3. The summed E-state index contributed by atoms with van der Waals surface area (Å²) in [5.41, 5.74) is -1.34. The predicted molar refractivity (Wildman–Crippen MR) is 48.6 cm³/mol. The molecule has 0 bridgehead atoms. The van der Waals surface area contributed by atoms with Gasteiger partial charge in [-0.3, -0.25) is 4.79 Å². The molecule has 0 aromatic heterocycles. The van der Waals surface area contributed by atoms with Crippen molar-refractivity contribution in [1.82, 2.24) is 5.32 Å². The lowest BCUT2D eigenvalue weighted by atomic mass is 10.0. The predicted octanol–water partition coefficient (Wildman–Crippen LogP) is -2.15. The van der Waals surface area contributed by atoms with Crippen molar-refractivity contribution in [2.24, 2.45) is 0 Å². The SMILES string of the molecule is COCCC(=O)NC(CO)(CO)CO. The summed E-state index contributed by atoms with van der Waals surface area (Å²) in [6, 6.07) is 0. The second kappa shape index (κ2) is 6.72. The van der Waals surface area contributed by atoms with E-state index in [4.69, 9.17) is 15.3 Å². The third-order valence-corrected chi connectivity index (χ3v) is 1.85. The van der Waals surface area contributed by atoms with E-state index < -0.39 is 25.4 Å². The zero-order valence-corrected chi connectivity index (χ0v) is 8.19. The minimum atomic E-state index is -1.34. The number of hydrogen-bond donors (Lipinski definition) is 4. The topological polar surface area (TPSA) is 99.0 Å². The van der Waals surface area contributed by atoms with Gasteiger partial charge in [-0.15, -0.1) is 0 Å². The lowest BCUT2D eigenvalue weighted by Crippen LogP contribution is -2.57. The van der Waals surface area contributed by atoms with Gasteiger partial charge in [-0.2, -0.15) is 0 Å². The van der Waals surface area contributed by atoms with Gasteiger partial charge in [0.05, 0.1) is 26.4 Å². The molecule has 1 amide bonds. The molecule has 0 aromatic rings. The van der Waals surface area contributed by atoms with Gasteiger partial charge in [-0.1, -0.05) is 0 Å². The number of aliphatic hydroxyl groups is 3. The number of carbonyl (C=O) groups is 1. The Morgan fingerprint density at radius 2 is 1.79 bits per heavy atom. The largest absolute Gasteiger partial charge is 0.394 e. The van der Waals surface area contributed by atoms with E-state index in [1.165, 1.54) is 7.11 Å². The van der Waals surface area contributed by atoms with Crippen LogP contribution in [0.5, 0.6) is 0 Å². The first-order valence-electron chi connectivity index (χ1n) is 4.26. The number of aliphatic hydroxyl groups excluding tert-OH is 3. The van der Waals surface area contributed by atoms with E-state index in [0.717, 1.165) is 0 Å². The van der Waals surface area contributed by atoms with Crippen molar-refractivity contribution in [3.8, 4) is 0 Å². The molecule has 0 heterocycles. The molecule has 0 radical (unpaired) electrons. The maximum absolute atomic E-state index is 11.2. The van der Waals surface area contributed by atoms with E-state index in [9.17, 15) is 4.79 Å². The fourth-order valence-electron chi connectivity index (χ4n) is 0.822. The summed E-state index contributed by atoms with van der Waals surface area (Å²) in [5, 5.41) is 29.0. The summed E-state index contributed by atoms with van der Waals surface area (Å²) < 4.78 is 4.68. The van der Waals surface area contributed by atoms with E-state index in [2.05, 4.69) is 10.1 Å². The van der Waals surface area contributed by atoms with Crippen LogP contribution in [-0.2, 0) is 9.53 Å². The molecule has 0 rings (SSSR count). The van der Waals surface area contributed by atoms with Crippen LogP contribution in [0.4, 0.5) is 0 Å². The molecule has 0 aliphatic rings. The zero-order valence-electron chi connectivity index (χ0n) is 8.19. The van der Waals surface area contributed by atoms with Crippen molar-refractivity contribution in [2.45, 2.75) is 12.0 Å². The zero-order chi connectivity index (χ0) is 11.0. The van der Waals surface area contributed by atoms with E-state index in [-0.39, 0.29) is 18.9 Å². The lowest BCUT2D eigenvalue weighted by Gasteiger charge is -2.28. The average molecular weight is 207 g/mol. The number of methoxy groups -OCH3 is 1. The van der Waals surface area contributed by atoms with Gasteiger partial charge in [0.15, 0.2) is 0 Å². The number of amides is 1. The molecular formula is C8H17NO5. The molecule has 0 aromatic carbocycles. The van der Waals surface area contributed by atoms with Crippen molar-refractivity contribution in [3.63, 3.8) is 0 Å². The van der Waals surface area contributed by atoms with Gasteiger partial charge < -0.3 is 25.4 Å². The highest BCUT2D eigenvalue weighted by Gasteiger charge is 2.29. The Morgan fingerprint density at radius 1 is 1.29 bits per heavy atom. The first-order valence-corrected chi connectivity index (χ1v) is 4.26. The number of ether oxygens (including phenoxy) is 1. The van der Waals surface area contributed by atoms with Crippen molar-refractivity contribution < 1.29 is 24.9 Å². The highest BCUT2D eigenvalue weighted by molar-refractivity contribution is 5.76. The summed E-state index contributed by atoms with van der Waals surface area (Å²) in [7, 11) is 1.46. The molecule has 0 atom stereocenters. The van der Waals surface area contributed by atoms with Crippen LogP contribution >= 0.6 is 0 Å². The first-order chi connectivity index (χ1) is 6.64. The van der Waals surface area contributed by atoms with Crippen molar-refractivity contribution >= 4 is 5.91 Å². The number of rotatable bonds is 7. The minimum Gasteiger partial charge on any atom is -0.394 e. The molecule has 0 aliphatic heterocycles. The minimum absolute atomic E-state index is 0.123. The van der Waals surface area contributed by atoms with Crippen LogP contribution in [-0.4, -0.2) is 60.3 Å². The molecule has 0 fully saturated rings. The molecule has 0 spiro atoms. The maximum atomic E-state index is 11.2. The fourth-order valence-corrected chi connectivity index (χ4v) is 0.822. The summed E-state index contributed by atoms with van der Waals surface area (Å²) >= 11 is 0. The molecule has 6 nitrogen and oxygen atoms in total. The second-order valence-electron chi connectivity index (χ2n) is 3.05. The number of hydrogen-bond acceptors (Lipinski definition) is 5. The molecule has 0 unspecified atom stereocenters. The standard InChI is InChI=1S/C8H17NO5/c1-14-3-2-7(13)9-8(4-10,5-11)6-12/h10-12H,2-6H2,1H3,(H,9,13). The molecule has 0 aliphatic carbocycles. The van der Waals surface area contributed by atoms with E-state index in [1.54, 1.807) is 0 Å². The molecule has 84 valence electrons. The second-order valence-corrected chi connectivity index (χ2v) is 3.05. The fraction of sp³-hybridized carbons (Fsp3) is 0.875. The monoisotopic (exact) mass is 207 g/mol. The molecule has 0 saturated heterocycles. The van der Waals surface area contributed by atoms with Crippen molar-refractivity contribution in [1.29, 1.82) is 0 Å². The van der Waals surface area contributed by atoms with Crippen LogP contribution in [0.25, 0.3) is 0 Å². The quantitative estimate of drug-likeness (QED) is 0.381. The van der Waals surface area contributed by atoms with Gasteiger partial charge in [0.2, 0.25) is 5.91 Å². The van der Waals surface area contributed by atoms with Crippen LogP contribution in [0.15, 0.2) is 0 Å². The highest BCUT2D eigenvalue weighted by Crippen LogP contribution is 2.01. The number of carbonyl (C=O) groups excluding carboxylic acids is 1. The molecule has 0 saturated carbocycles. The van der Waals surface area contributed by atoms with E-state index in [1.807, 2.05) is 0 Å². The Hall–Kier alpha value is -0.690. The van der Waals surface area contributed by atoms with Crippen molar-refractivity contribution in [2.75, 3.05) is 33.5 Å². The lowest BCUT2D eigenvalue weighted by molar-refractivity contribution is -0.126. The maximum Gasteiger partial charge on any atom is 0.222 e. The van der Waals surface area contributed by atoms with Gasteiger partial charge in [0.1, 0.15) is 5.54 Å². The van der Waals surface area contributed by atoms with Gasteiger partial charge in [0, 0.05) is 13.5 Å². The van der Waals surface area contributed by atoms with Gasteiger partial charge in [-0.05, 0) is 0 Å². The highest BCUT2D eigenvalue weighted by atomic mass is 16.5. The Balaban J connectivity index is 4.08. The van der Waals surface area contributed by atoms with Crippen molar-refractivity contribution in [3.05, 3.63) is 0 Å². The van der Waals surface area contributed by atoms with E-state index >= 15 is 0 Å². The average Bonchev–Trinajstić information content (AvgIpc) is 2.23. The van der Waals surface area contributed by atoms with Gasteiger partial charge >= 0.3 is 0 Å². The smallest absolute Gasteiger partial charge is 0.222 e. The summed E-state index contributed by atoms with van der Waals surface area (Å²) in [5.74, 6) is -0.385. The number of nitrogens with one attached hydrogen (secondary N) is 1. The Labute approximate surface area is 82.5 Å². The Bertz CT molecular complexity index is 161. The van der Waals surface area contributed by atoms with Crippen LogP contribution in [0.1, 0.15) is 6.42 Å². The summed E-state index contributed by atoms with van der Waals surface area (Å²) in [6.07, 6.45) is 0.123. The molecule has 14 heavy (non-hydrogen) atoms. The van der Waals surface area contributed by atoms with E-state index in [0.29, 0.717) is 0 Å². The molecule has 6 heteroatoms. The Morgan fingerprint density at radius 3 is 2.14 bits per heavy atom. The third kappa shape index (κ3) is 4.01. The van der Waals surface area contributed by atoms with Crippen LogP contribution in [0, 0.1) is 0 Å². The van der Waals surface area contributed by atoms with Crippen LogP contribution in [0.3, 0.4) is 0 Å². The molecule has 4 N–H and O–H groups in total. The van der Waals surface area contributed by atoms with Crippen LogP contribution in [0.2, 0.25) is 0 Å². The van der Waals surface area contributed by atoms with Gasteiger partial charge in [-0.25, -0.2) is 0 Å². The van der Waals surface area contributed by atoms with Gasteiger partial charge in [0.25, 0.3) is 0 Å². The molecular weight excluding hydrogens is 190 g/mol. The summed E-state index contributed by atoms with van der Waals surface area (Å²) in [6.45, 7) is -1.29. The van der Waals surface area contributed by atoms with Crippen LogP contribution < -0.4 is 5.32 Å². The normalized spacial score (nSPS) is 11.4. The third-order valence-electron chi connectivity index (χ3n) is 1.85. The Kier molecular flexibility index (Phi) is 6.39.